The molecule has 1 aliphatic rings. The van der Waals surface area contributed by atoms with E-state index in [1.807, 2.05) is 0 Å². The molecule has 3 rings (SSSR count). The Morgan fingerprint density at radius 2 is 2.11 bits per heavy atom. The second-order valence-corrected chi connectivity index (χ2v) is 7.70. The van der Waals surface area contributed by atoms with Crippen molar-refractivity contribution in [2.24, 2.45) is 5.92 Å². The van der Waals surface area contributed by atoms with Gasteiger partial charge in [0.05, 0.1) is 7.11 Å². The first-order valence-corrected chi connectivity index (χ1v) is 10.2. The fourth-order valence-corrected chi connectivity index (χ4v) is 4.00. The largest absolute Gasteiger partial charge is 0.497 e. The number of rotatable bonds is 7. The van der Waals surface area contributed by atoms with Gasteiger partial charge < -0.3 is 15.0 Å². The molecule has 1 heterocycles. The lowest BCUT2D eigenvalue weighted by atomic mass is 9.89. The van der Waals surface area contributed by atoms with E-state index in [0.29, 0.717) is 28.9 Å². The van der Waals surface area contributed by atoms with E-state index < -0.39 is 0 Å². The molecule has 0 atom stereocenters. The van der Waals surface area contributed by atoms with Gasteiger partial charge >= 0.3 is 0 Å². The zero-order chi connectivity index (χ0) is 19.1. The average molecular weight is 388 g/mol. The van der Waals surface area contributed by atoms with Crippen molar-refractivity contribution in [1.82, 2.24) is 9.88 Å². The van der Waals surface area contributed by atoms with Crippen LogP contribution in [0.4, 0.5) is 5.13 Å². The van der Waals surface area contributed by atoms with Gasteiger partial charge in [0, 0.05) is 23.7 Å². The highest BCUT2D eigenvalue weighted by atomic mass is 32.1. The molecule has 6 nitrogen and oxygen atoms in total. The number of nitrogens with one attached hydrogen (secondary N) is 1. The predicted octanol–water partition coefficient (Wildman–Crippen LogP) is 3.81. The van der Waals surface area contributed by atoms with Crippen molar-refractivity contribution < 1.29 is 14.3 Å². The van der Waals surface area contributed by atoms with Gasteiger partial charge in [-0.05, 0) is 37.0 Å². The zero-order valence-corrected chi connectivity index (χ0v) is 16.3. The first-order chi connectivity index (χ1) is 13.2. The molecule has 1 aromatic heterocycles. The highest BCUT2D eigenvalue weighted by Gasteiger charge is 2.24. The van der Waals surface area contributed by atoms with Crippen molar-refractivity contribution in [1.29, 1.82) is 0 Å². The first kappa shape index (κ1) is 19.4. The van der Waals surface area contributed by atoms with Gasteiger partial charge in [0.25, 0.3) is 5.91 Å². The fourth-order valence-electron chi connectivity index (χ4n) is 3.46. The second-order valence-electron chi connectivity index (χ2n) is 6.81. The van der Waals surface area contributed by atoms with E-state index in [4.69, 9.17) is 4.74 Å². The molecule has 27 heavy (non-hydrogen) atoms. The third kappa shape index (κ3) is 5.53. The lowest BCUT2D eigenvalue weighted by Crippen LogP contribution is -2.41. The van der Waals surface area contributed by atoms with Crippen molar-refractivity contribution in [2.45, 2.75) is 32.1 Å². The molecule has 0 saturated heterocycles. The number of hydrogen-bond donors (Lipinski definition) is 1. The van der Waals surface area contributed by atoms with E-state index in [1.54, 1.807) is 47.9 Å². The SMILES string of the molecule is COc1cccc(C(=O)N(CC(=O)Nc2nccs2)CC2CCCCC2)c1. The molecule has 1 N–H and O–H groups in total. The maximum Gasteiger partial charge on any atom is 0.254 e. The minimum absolute atomic E-state index is 0.0200. The molecule has 2 aromatic rings. The second kappa shape index (κ2) is 9.50. The molecule has 1 aliphatic carbocycles. The molecule has 1 saturated carbocycles. The molecule has 0 bridgehead atoms. The van der Waals surface area contributed by atoms with Crippen LogP contribution >= 0.6 is 11.3 Å². The van der Waals surface area contributed by atoms with Crippen LogP contribution in [0.2, 0.25) is 0 Å². The van der Waals surface area contributed by atoms with Crippen LogP contribution in [0, 0.1) is 5.92 Å². The van der Waals surface area contributed by atoms with E-state index in [0.717, 1.165) is 12.8 Å². The lowest BCUT2D eigenvalue weighted by Gasteiger charge is -2.29. The van der Waals surface area contributed by atoms with E-state index >= 15 is 0 Å². The van der Waals surface area contributed by atoms with E-state index in [1.165, 1.54) is 30.6 Å². The molecule has 144 valence electrons. The summed E-state index contributed by atoms with van der Waals surface area (Å²) in [4.78, 5) is 31.3. The number of benzene rings is 1. The Balaban J connectivity index is 1.73. The molecular weight excluding hydrogens is 362 g/mol. The molecule has 0 spiro atoms. The minimum Gasteiger partial charge on any atom is -0.497 e. The topological polar surface area (TPSA) is 71.5 Å². The van der Waals surface area contributed by atoms with Gasteiger partial charge in [0.1, 0.15) is 12.3 Å². The summed E-state index contributed by atoms with van der Waals surface area (Å²) in [6.45, 7) is 0.619. The summed E-state index contributed by atoms with van der Waals surface area (Å²) in [6.07, 6.45) is 7.49. The first-order valence-electron chi connectivity index (χ1n) is 9.28. The van der Waals surface area contributed by atoms with Gasteiger partial charge in [-0.2, -0.15) is 0 Å². The standard InChI is InChI=1S/C20H25N3O3S/c1-26-17-9-5-8-16(12-17)19(25)23(13-15-6-3-2-4-7-15)14-18(24)22-20-21-10-11-27-20/h5,8-12,15H,2-4,6-7,13-14H2,1H3,(H,21,22,24). The number of amides is 2. The number of ether oxygens (including phenoxy) is 1. The number of hydrogen-bond acceptors (Lipinski definition) is 5. The van der Waals surface area contributed by atoms with E-state index in [9.17, 15) is 9.59 Å². The fraction of sp³-hybridized carbons (Fsp3) is 0.450. The van der Waals surface area contributed by atoms with Crippen LogP contribution in [0.3, 0.4) is 0 Å². The Morgan fingerprint density at radius 3 is 2.81 bits per heavy atom. The highest BCUT2D eigenvalue weighted by Crippen LogP contribution is 2.25. The van der Waals surface area contributed by atoms with Crippen LogP contribution in [0.25, 0.3) is 0 Å². The van der Waals surface area contributed by atoms with Gasteiger partial charge in [-0.25, -0.2) is 4.98 Å². The highest BCUT2D eigenvalue weighted by molar-refractivity contribution is 7.13. The maximum absolute atomic E-state index is 13.1. The smallest absolute Gasteiger partial charge is 0.254 e. The Hall–Kier alpha value is -2.41. The van der Waals surface area contributed by atoms with Gasteiger partial charge in [0.2, 0.25) is 5.91 Å². The number of methoxy groups -OCH3 is 1. The third-order valence-corrected chi connectivity index (χ3v) is 5.51. The van der Waals surface area contributed by atoms with Gasteiger partial charge in [-0.1, -0.05) is 25.3 Å². The van der Waals surface area contributed by atoms with Gasteiger partial charge in [-0.3, -0.25) is 9.59 Å². The molecule has 0 unspecified atom stereocenters. The number of carbonyl (C=O) groups is 2. The Kier molecular flexibility index (Phi) is 6.81. The average Bonchev–Trinajstić information content (AvgIpc) is 3.20. The summed E-state index contributed by atoms with van der Waals surface area (Å²) < 4.78 is 5.23. The normalized spacial score (nSPS) is 14.6. The lowest BCUT2D eigenvalue weighted by molar-refractivity contribution is -0.117. The summed E-state index contributed by atoms with van der Waals surface area (Å²) in [7, 11) is 1.57. The number of thiazole rings is 1. The summed E-state index contributed by atoms with van der Waals surface area (Å²) in [5.74, 6) is 0.706. The van der Waals surface area contributed by atoms with E-state index in [-0.39, 0.29) is 18.4 Å². The van der Waals surface area contributed by atoms with Gasteiger partial charge in [-0.15, -0.1) is 11.3 Å². The van der Waals surface area contributed by atoms with Gasteiger partial charge in [0.15, 0.2) is 5.13 Å². The zero-order valence-electron chi connectivity index (χ0n) is 15.5. The van der Waals surface area contributed by atoms with Crippen molar-refractivity contribution in [2.75, 3.05) is 25.5 Å². The van der Waals surface area contributed by atoms with E-state index in [2.05, 4.69) is 10.3 Å². The Morgan fingerprint density at radius 1 is 1.30 bits per heavy atom. The molecule has 7 heteroatoms. The number of carbonyl (C=O) groups excluding carboxylic acids is 2. The molecule has 1 fully saturated rings. The van der Waals surface area contributed by atoms with Crippen LogP contribution in [0.15, 0.2) is 35.8 Å². The van der Waals surface area contributed by atoms with Crippen LogP contribution in [-0.4, -0.2) is 41.9 Å². The summed E-state index contributed by atoms with van der Waals surface area (Å²) in [5, 5.41) is 5.12. The summed E-state index contributed by atoms with van der Waals surface area (Å²) >= 11 is 1.36. The predicted molar refractivity (Wildman–Crippen MR) is 106 cm³/mol. The van der Waals surface area contributed by atoms with Crippen LogP contribution in [-0.2, 0) is 4.79 Å². The summed E-state index contributed by atoms with van der Waals surface area (Å²) in [6, 6.07) is 7.07. The van der Waals surface area contributed by atoms with Crippen molar-refractivity contribution in [3.8, 4) is 5.75 Å². The minimum atomic E-state index is -0.225. The summed E-state index contributed by atoms with van der Waals surface area (Å²) in [5.41, 5.74) is 0.534. The van der Waals surface area contributed by atoms with Crippen LogP contribution < -0.4 is 10.1 Å². The van der Waals surface area contributed by atoms with Crippen LogP contribution in [0.5, 0.6) is 5.75 Å². The molecule has 0 aliphatic heterocycles. The molecule has 0 radical (unpaired) electrons. The quantitative estimate of drug-likeness (QED) is 0.784. The molecule has 2 amide bonds. The molecule has 1 aromatic carbocycles. The maximum atomic E-state index is 13.1. The third-order valence-electron chi connectivity index (χ3n) is 4.82. The Bertz CT molecular complexity index is 758. The number of nitrogens with zero attached hydrogens (tertiary/aromatic N) is 2. The van der Waals surface area contributed by atoms with Crippen molar-refractivity contribution in [3.63, 3.8) is 0 Å². The monoisotopic (exact) mass is 387 g/mol. The number of anilines is 1. The number of aromatic nitrogens is 1. The van der Waals surface area contributed by atoms with Crippen molar-refractivity contribution in [3.05, 3.63) is 41.4 Å². The van der Waals surface area contributed by atoms with Crippen LogP contribution in [0.1, 0.15) is 42.5 Å². The Labute approximate surface area is 163 Å². The molecular formula is C20H25N3O3S. The van der Waals surface area contributed by atoms with Crippen molar-refractivity contribution >= 4 is 28.3 Å².